The van der Waals surface area contributed by atoms with Gasteiger partial charge in [0.1, 0.15) is 0 Å². The fourth-order valence-corrected chi connectivity index (χ4v) is 1.68. The summed E-state index contributed by atoms with van der Waals surface area (Å²) in [5.41, 5.74) is -0.196. The van der Waals surface area contributed by atoms with Crippen molar-refractivity contribution in [3.8, 4) is 5.75 Å². The first kappa shape index (κ1) is 14.4. The summed E-state index contributed by atoms with van der Waals surface area (Å²) in [6.45, 7) is 5.57. The zero-order chi connectivity index (χ0) is 14.1. The molecule has 0 unspecified atom stereocenters. The predicted molar refractivity (Wildman–Crippen MR) is 64.0 cm³/mol. The van der Waals surface area contributed by atoms with E-state index in [1.165, 1.54) is 12.1 Å². The normalized spacial score (nSPS) is 12.2. The Balaban J connectivity index is 3.34. The average molecular weight is 275 g/mol. The Morgan fingerprint density at radius 2 is 1.89 bits per heavy atom. The lowest BCUT2D eigenvalue weighted by Crippen LogP contribution is -2.13. The third-order valence-electron chi connectivity index (χ3n) is 2.22. The van der Waals surface area contributed by atoms with Gasteiger partial charge in [-0.1, -0.05) is 26.8 Å². The van der Waals surface area contributed by atoms with Crippen LogP contribution in [0.1, 0.15) is 26.3 Å². The summed E-state index contributed by atoms with van der Waals surface area (Å²) in [6, 6.07) is 3.88. The van der Waals surface area contributed by atoms with Crippen LogP contribution in [-0.2, 0) is 15.8 Å². The Bertz CT molecular complexity index is 573. The molecular weight excluding hydrogens is 262 g/mol. The summed E-state index contributed by atoms with van der Waals surface area (Å²) in [4.78, 5) is 10.1. The molecule has 0 atom stereocenters. The summed E-state index contributed by atoms with van der Waals surface area (Å²) < 4.78 is 33.8. The van der Waals surface area contributed by atoms with Crippen molar-refractivity contribution < 1.29 is 22.1 Å². The van der Waals surface area contributed by atoms with Crippen molar-refractivity contribution >= 4 is 16.1 Å². The first-order valence-corrected chi connectivity index (χ1v) is 6.33. The van der Waals surface area contributed by atoms with Crippen molar-refractivity contribution in [1.29, 1.82) is 0 Å². The van der Waals surface area contributed by atoms with Crippen LogP contribution in [0.2, 0.25) is 0 Å². The average Bonchev–Trinajstić information content (AvgIpc) is 2.13. The van der Waals surface area contributed by atoms with Crippen molar-refractivity contribution in [2.24, 2.45) is 0 Å². The van der Waals surface area contributed by atoms with Crippen LogP contribution in [-0.4, -0.2) is 17.9 Å². The SMILES string of the molecule is CC(C)(C)c1ccc(OS(=O)(=O)O)c([N+](=O)[O-])c1. The van der Waals surface area contributed by atoms with E-state index >= 15 is 0 Å². The molecule has 0 aliphatic carbocycles. The summed E-state index contributed by atoms with van der Waals surface area (Å²) in [5, 5.41) is 10.8. The molecule has 100 valence electrons. The first-order valence-electron chi connectivity index (χ1n) is 4.96. The lowest BCUT2D eigenvalue weighted by molar-refractivity contribution is -0.385. The highest BCUT2D eigenvalue weighted by Gasteiger charge is 2.24. The molecule has 0 aliphatic heterocycles. The van der Waals surface area contributed by atoms with Gasteiger partial charge in [0.15, 0.2) is 0 Å². The second-order valence-electron chi connectivity index (χ2n) is 4.70. The predicted octanol–water partition coefficient (Wildman–Crippen LogP) is 2.07. The number of nitro groups is 1. The fraction of sp³-hybridized carbons (Fsp3) is 0.400. The summed E-state index contributed by atoms with van der Waals surface area (Å²) >= 11 is 0. The third kappa shape index (κ3) is 3.67. The van der Waals surface area contributed by atoms with Gasteiger partial charge in [0, 0.05) is 6.07 Å². The molecule has 0 saturated carbocycles. The zero-order valence-corrected chi connectivity index (χ0v) is 10.9. The van der Waals surface area contributed by atoms with Gasteiger partial charge in [-0.3, -0.25) is 14.7 Å². The van der Waals surface area contributed by atoms with Crippen molar-refractivity contribution in [2.75, 3.05) is 0 Å². The molecular formula is C10H13NO6S. The molecule has 18 heavy (non-hydrogen) atoms. The summed E-state index contributed by atoms with van der Waals surface area (Å²) in [7, 11) is -4.79. The first-order chi connectivity index (χ1) is 8.00. The number of rotatable bonds is 3. The van der Waals surface area contributed by atoms with Crippen LogP contribution in [0.5, 0.6) is 5.75 Å². The van der Waals surface area contributed by atoms with Gasteiger partial charge in [0.05, 0.1) is 4.92 Å². The Kier molecular flexibility index (Phi) is 3.63. The fourth-order valence-electron chi connectivity index (χ4n) is 1.31. The lowest BCUT2D eigenvalue weighted by Gasteiger charge is -2.18. The van der Waals surface area contributed by atoms with Crippen molar-refractivity contribution in [3.63, 3.8) is 0 Å². The third-order valence-corrected chi connectivity index (χ3v) is 2.61. The molecule has 1 aromatic rings. The van der Waals surface area contributed by atoms with E-state index < -0.39 is 26.8 Å². The number of nitro benzene ring substituents is 1. The maximum Gasteiger partial charge on any atom is 0.446 e. The minimum Gasteiger partial charge on any atom is -0.354 e. The van der Waals surface area contributed by atoms with Gasteiger partial charge in [-0.25, -0.2) is 0 Å². The van der Waals surface area contributed by atoms with E-state index in [0.717, 1.165) is 6.07 Å². The molecule has 0 bridgehead atoms. The maximum atomic E-state index is 10.8. The number of benzene rings is 1. The molecule has 1 N–H and O–H groups in total. The Morgan fingerprint density at radius 3 is 2.28 bits per heavy atom. The van der Waals surface area contributed by atoms with E-state index in [2.05, 4.69) is 4.18 Å². The smallest absolute Gasteiger partial charge is 0.354 e. The van der Waals surface area contributed by atoms with E-state index in [9.17, 15) is 18.5 Å². The molecule has 0 radical (unpaired) electrons. The second-order valence-corrected chi connectivity index (χ2v) is 5.72. The van der Waals surface area contributed by atoms with E-state index in [-0.39, 0.29) is 5.41 Å². The number of nitrogens with zero attached hydrogens (tertiary/aromatic N) is 1. The number of hydrogen-bond donors (Lipinski definition) is 1. The van der Waals surface area contributed by atoms with Crippen LogP contribution in [0.25, 0.3) is 0 Å². The van der Waals surface area contributed by atoms with Crippen LogP contribution in [0, 0.1) is 10.1 Å². The summed E-state index contributed by atoms with van der Waals surface area (Å²) in [6.07, 6.45) is 0. The van der Waals surface area contributed by atoms with Gasteiger partial charge in [0.2, 0.25) is 5.75 Å². The van der Waals surface area contributed by atoms with Gasteiger partial charge < -0.3 is 4.18 Å². The maximum absolute atomic E-state index is 10.8. The van der Waals surface area contributed by atoms with Gasteiger partial charge >= 0.3 is 16.1 Å². The minimum atomic E-state index is -4.79. The Morgan fingerprint density at radius 1 is 1.33 bits per heavy atom. The minimum absolute atomic E-state index is 0.332. The van der Waals surface area contributed by atoms with Crippen LogP contribution in [0.3, 0.4) is 0 Å². The van der Waals surface area contributed by atoms with Crippen LogP contribution in [0.4, 0.5) is 5.69 Å². The highest BCUT2D eigenvalue weighted by molar-refractivity contribution is 7.81. The molecule has 0 amide bonds. The van der Waals surface area contributed by atoms with Gasteiger partial charge in [-0.15, -0.1) is 0 Å². The topological polar surface area (TPSA) is 107 Å². The Labute approximate surface area is 104 Å². The molecule has 1 rings (SSSR count). The highest BCUT2D eigenvalue weighted by atomic mass is 32.3. The Hall–Kier alpha value is -1.67. The monoisotopic (exact) mass is 275 g/mol. The van der Waals surface area contributed by atoms with Gasteiger partial charge in [-0.2, -0.15) is 8.42 Å². The molecule has 8 heteroatoms. The number of hydrogen-bond acceptors (Lipinski definition) is 5. The van der Waals surface area contributed by atoms with Crippen LogP contribution < -0.4 is 4.18 Å². The molecule has 0 spiro atoms. The molecule has 0 aromatic heterocycles. The van der Waals surface area contributed by atoms with Crippen molar-refractivity contribution in [1.82, 2.24) is 0 Å². The van der Waals surface area contributed by atoms with Crippen LogP contribution >= 0.6 is 0 Å². The van der Waals surface area contributed by atoms with Gasteiger partial charge in [-0.05, 0) is 17.0 Å². The quantitative estimate of drug-likeness (QED) is 0.514. The van der Waals surface area contributed by atoms with Crippen molar-refractivity contribution in [3.05, 3.63) is 33.9 Å². The molecule has 0 saturated heterocycles. The standard InChI is InChI=1S/C10H13NO6S/c1-10(2,3)7-4-5-9(17-18(14,15)16)8(6-7)11(12)13/h4-6H,1-3H3,(H,14,15,16). The summed E-state index contributed by atoms with van der Waals surface area (Å²) in [5.74, 6) is -0.518. The van der Waals surface area contributed by atoms with E-state index in [0.29, 0.717) is 5.56 Å². The second kappa shape index (κ2) is 4.54. The highest BCUT2D eigenvalue weighted by Crippen LogP contribution is 2.33. The lowest BCUT2D eigenvalue weighted by atomic mass is 9.87. The van der Waals surface area contributed by atoms with Crippen LogP contribution in [0.15, 0.2) is 18.2 Å². The van der Waals surface area contributed by atoms with Gasteiger partial charge in [0.25, 0.3) is 0 Å². The van der Waals surface area contributed by atoms with Crippen molar-refractivity contribution in [2.45, 2.75) is 26.2 Å². The molecule has 7 nitrogen and oxygen atoms in total. The van der Waals surface area contributed by atoms with E-state index in [1.807, 2.05) is 20.8 Å². The zero-order valence-electron chi connectivity index (χ0n) is 10.1. The largest absolute Gasteiger partial charge is 0.446 e. The molecule has 0 aliphatic rings. The molecule has 0 heterocycles. The molecule has 1 aromatic carbocycles. The van der Waals surface area contributed by atoms with E-state index in [1.54, 1.807) is 0 Å². The molecule has 0 fully saturated rings. The van der Waals surface area contributed by atoms with E-state index in [4.69, 9.17) is 4.55 Å².